The summed E-state index contributed by atoms with van der Waals surface area (Å²) in [7, 11) is 0. The number of carbonyl (C=O) groups excluding carboxylic acids is 1. The first-order valence-corrected chi connectivity index (χ1v) is 10.1. The normalized spacial score (nSPS) is 14.3. The van der Waals surface area contributed by atoms with Crippen LogP contribution in [0.2, 0.25) is 0 Å². The zero-order valence-electron chi connectivity index (χ0n) is 17.5. The monoisotopic (exact) mass is 408 g/mol. The molecule has 7 nitrogen and oxygen atoms in total. The Hall–Kier alpha value is -3.29. The van der Waals surface area contributed by atoms with E-state index in [1.807, 2.05) is 36.9 Å². The number of amides is 1. The van der Waals surface area contributed by atoms with Crippen LogP contribution in [0.4, 0.5) is 10.2 Å². The van der Waals surface area contributed by atoms with E-state index in [-0.39, 0.29) is 11.7 Å². The van der Waals surface area contributed by atoms with E-state index in [1.165, 1.54) is 12.1 Å². The van der Waals surface area contributed by atoms with E-state index in [9.17, 15) is 9.18 Å². The van der Waals surface area contributed by atoms with Crippen LogP contribution in [0, 0.1) is 19.7 Å². The van der Waals surface area contributed by atoms with Crippen molar-refractivity contribution in [2.75, 3.05) is 31.1 Å². The van der Waals surface area contributed by atoms with Crippen LogP contribution in [0.3, 0.4) is 0 Å². The third kappa shape index (κ3) is 4.32. The van der Waals surface area contributed by atoms with Crippen molar-refractivity contribution in [2.24, 2.45) is 0 Å². The van der Waals surface area contributed by atoms with Gasteiger partial charge >= 0.3 is 0 Å². The number of anilines is 1. The van der Waals surface area contributed by atoms with Crippen LogP contribution in [0.25, 0.3) is 5.95 Å². The van der Waals surface area contributed by atoms with E-state index >= 15 is 0 Å². The quantitative estimate of drug-likeness (QED) is 0.664. The van der Waals surface area contributed by atoms with Gasteiger partial charge in [-0.05, 0) is 37.6 Å². The van der Waals surface area contributed by atoms with Crippen LogP contribution in [-0.4, -0.2) is 56.7 Å². The van der Waals surface area contributed by atoms with Gasteiger partial charge in [0, 0.05) is 51.3 Å². The number of aromatic nitrogens is 4. The predicted molar refractivity (Wildman–Crippen MR) is 112 cm³/mol. The molecule has 0 atom stereocenters. The molecule has 1 aliphatic heterocycles. The molecule has 1 aliphatic rings. The van der Waals surface area contributed by atoms with Crippen LogP contribution in [0.1, 0.15) is 29.6 Å². The van der Waals surface area contributed by atoms with E-state index in [1.54, 1.807) is 17.7 Å². The molecule has 0 aliphatic carbocycles. The van der Waals surface area contributed by atoms with Gasteiger partial charge in [-0.3, -0.25) is 4.79 Å². The Morgan fingerprint density at radius 2 is 1.83 bits per heavy atom. The zero-order valence-corrected chi connectivity index (χ0v) is 17.5. The fourth-order valence-corrected chi connectivity index (χ4v) is 3.75. The molecule has 156 valence electrons. The molecular weight excluding hydrogens is 383 g/mol. The van der Waals surface area contributed by atoms with Crippen molar-refractivity contribution >= 4 is 11.7 Å². The number of piperazine rings is 1. The summed E-state index contributed by atoms with van der Waals surface area (Å²) in [4.78, 5) is 25.1. The fraction of sp³-hybridized carbons (Fsp3) is 0.364. The summed E-state index contributed by atoms with van der Waals surface area (Å²) in [6, 6.07) is 10.5. The minimum absolute atomic E-state index is 0.0902. The molecule has 3 heterocycles. The van der Waals surface area contributed by atoms with Crippen molar-refractivity contribution in [2.45, 2.75) is 27.2 Å². The molecule has 1 saturated heterocycles. The van der Waals surface area contributed by atoms with Gasteiger partial charge in [-0.25, -0.2) is 14.1 Å². The second-order valence-corrected chi connectivity index (χ2v) is 7.66. The van der Waals surface area contributed by atoms with Crippen LogP contribution >= 0.6 is 0 Å². The number of halogens is 1. The molecule has 8 heteroatoms. The van der Waals surface area contributed by atoms with Crippen LogP contribution in [0.5, 0.6) is 0 Å². The Bertz CT molecular complexity index is 1070. The first-order chi connectivity index (χ1) is 14.4. The van der Waals surface area contributed by atoms with E-state index in [4.69, 9.17) is 9.97 Å². The van der Waals surface area contributed by atoms with Crippen molar-refractivity contribution < 1.29 is 9.18 Å². The molecule has 1 aromatic carbocycles. The number of aryl methyl sites for hydroxylation is 2. The average Bonchev–Trinajstić information content (AvgIpc) is 3.06. The molecule has 0 unspecified atom stereocenters. The summed E-state index contributed by atoms with van der Waals surface area (Å²) in [5.41, 5.74) is 3.48. The highest BCUT2D eigenvalue weighted by atomic mass is 19.1. The molecule has 1 fully saturated rings. The van der Waals surface area contributed by atoms with E-state index in [0.29, 0.717) is 38.5 Å². The summed E-state index contributed by atoms with van der Waals surface area (Å²) in [6.45, 7) is 8.22. The molecule has 0 N–H and O–H groups in total. The maximum Gasteiger partial charge on any atom is 0.252 e. The molecule has 0 bridgehead atoms. The van der Waals surface area contributed by atoms with E-state index in [0.717, 1.165) is 28.5 Å². The van der Waals surface area contributed by atoms with Gasteiger partial charge in [-0.2, -0.15) is 10.1 Å². The lowest BCUT2D eigenvalue weighted by molar-refractivity contribution is -0.129. The second-order valence-electron chi connectivity index (χ2n) is 7.66. The van der Waals surface area contributed by atoms with Gasteiger partial charge in [0.25, 0.3) is 5.95 Å². The maximum atomic E-state index is 13.7. The number of hydrogen-bond acceptors (Lipinski definition) is 5. The molecule has 0 radical (unpaired) electrons. The van der Waals surface area contributed by atoms with Gasteiger partial charge in [0.2, 0.25) is 5.91 Å². The Labute approximate surface area is 175 Å². The average molecular weight is 408 g/mol. The van der Waals surface area contributed by atoms with Crippen LogP contribution in [0.15, 0.2) is 36.4 Å². The fourth-order valence-electron chi connectivity index (χ4n) is 3.75. The van der Waals surface area contributed by atoms with Gasteiger partial charge in [0.05, 0.1) is 11.4 Å². The molecule has 1 amide bonds. The topological polar surface area (TPSA) is 67.2 Å². The molecule has 30 heavy (non-hydrogen) atoms. The number of hydrogen-bond donors (Lipinski definition) is 0. The highest BCUT2D eigenvalue weighted by molar-refractivity contribution is 5.73. The Morgan fingerprint density at radius 3 is 2.47 bits per heavy atom. The zero-order chi connectivity index (χ0) is 21.3. The summed E-state index contributed by atoms with van der Waals surface area (Å²) < 4.78 is 15.4. The number of carbonyl (C=O) groups is 1. The number of nitrogens with zero attached hydrogens (tertiary/aromatic N) is 6. The standard InChI is InChI=1S/C22H25FN6O/c1-15-11-16(2)29(26-15)22-24-20(13-18-5-4-6-19(23)12-18)14-21(25-22)28-9-7-27(8-10-28)17(3)30/h4-6,11-12,14H,7-10,13H2,1-3H3. The molecule has 0 saturated carbocycles. The van der Waals surface area contributed by atoms with Crippen molar-refractivity contribution in [3.05, 3.63) is 64.9 Å². The maximum absolute atomic E-state index is 13.7. The Balaban J connectivity index is 1.69. The van der Waals surface area contributed by atoms with E-state index < -0.39 is 0 Å². The second kappa shape index (κ2) is 8.22. The van der Waals surface area contributed by atoms with E-state index in [2.05, 4.69) is 10.00 Å². The Kier molecular flexibility index (Phi) is 5.48. The Morgan fingerprint density at radius 1 is 1.07 bits per heavy atom. The number of rotatable bonds is 4. The van der Waals surface area contributed by atoms with Gasteiger partial charge in [-0.1, -0.05) is 12.1 Å². The minimum Gasteiger partial charge on any atom is -0.353 e. The highest BCUT2D eigenvalue weighted by Gasteiger charge is 2.21. The first kappa shape index (κ1) is 20.0. The largest absolute Gasteiger partial charge is 0.353 e. The molecule has 0 spiro atoms. The van der Waals surface area contributed by atoms with Crippen molar-refractivity contribution in [1.82, 2.24) is 24.6 Å². The molecule has 4 rings (SSSR count). The van der Waals surface area contributed by atoms with Crippen LogP contribution < -0.4 is 4.90 Å². The van der Waals surface area contributed by atoms with Gasteiger partial charge in [-0.15, -0.1) is 0 Å². The van der Waals surface area contributed by atoms with Crippen LogP contribution in [-0.2, 0) is 11.2 Å². The summed E-state index contributed by atoms with van der Waals surface area (Å²) in [6.07, 6.45) is 0.493. The third-order valence-electron chi connectivity index (χ3n) is 5.28. The third-order valence-corrected chi connectivity index (χ3v) is 5.28. The molecule has 3 aromatic rings. The van der Waals surface area contributed by atoms with Crippen molar-refractivity contribution in [3.63, 3.8) is 0 Å². The lowest BCUT2D eigenvalue weighted by Crippen LogP contribution is -2.48. The van der Waals surface area contributed by atoms with Gasteiger partial charge < -0.3 is 9.80 Å². The SMILES string of the molecule is CC(=O)N1CCN(c2cc(Cc3cccc(F)c3)nc(-n3nc(C)cc3C)n2)CC1. The summed E-state index contributed by atoms with van der Waals surface area (Å²) in [5, 5.41) is 4.52. The smallest absolute Gasteiger partial charge is 0.252 e. The van der Waals surface area contributed by atoms with Gasteiger partial charge in [0.1, 0.15) is 11.6 Å². The predicted octanol–water partition coefficient (Wildman–Crippen LogP) is 2.68. The summed E-state index contributed by atoms with van der Waals surface area (Å²) in [5.74, 6) is 1.12. The van der Waals surface area contributed by atoms with Crippen molar-refractivity contribution in [3.8, 4) is 5.95 Å². The molecular formula is C22H25FN6O. The minimum atomic E-state index is -0.263. The molecule has 2 aromatic heterocycles. The lowest BCUT2D eigenvalue weighted by Gasteiger charge is -2.35. The number of benzene rings is 1. The lowest BCUT2D eigenvalue weighted by atomic mass is 10.1. The summed E-state index contributed by atoms with van der Waals surface area (Å²) >= 11 is 0. The van der Waals surface area contributed by atoms with Gasteiger partial charge in [0.15, 0.2) is 0 Å². The van der Waals surface area contributed by atoms with Crippen molar-refractivity contribution in [1.29, 1.82) is 0 Å². The first-order valence-electron chi connectivity index (χ1n) is 10.1. The highest BCUT2D eigenvalue weighted by Crippen LogP contribution is 2.20.